The number of hydrogen-bond acceptors (Lipinski definition) is 5. The third-order valence-electron chi connectivity index (χ3n) is 6.78. The van der Waals surface area contributed by atoms with E-state index in [4.69, 9.17) is 0 Å². The van der Waals surface area contributed by atoms with E-state index in [-0.39, 0.29) is 16.7 Å². The second-order valence-corrected chi connectivity index (χ2v) is 11.0. The van der Waals surface area contributed by atoms with Gasteiger partial charge in [-0.2, -0.15) is 4.31 Å². The van der Waals surface area contributed by atoms with E-state index in [9.17, 15) is 18.0 Å². The fraction of sp³-hybridized carbons (Fsp3) is 0.652. The number of fused-ring (bicyclic) bond motifs is 1. The SMILES string of the molecule is CC(=O)N1c2ccc(S(=O)(=O)N3CCCC3)cc2CC1C(=O)NCCCN1CCCCC1. The number of carbonyl (C=O) groups excluding carboxylic acids is 2. The van der Waals surface area contributed by atoms with Gasteiger partial charge in [-0.15, -0.1) is 0 Å². The Morgan fingerprint density at radius 1 is 1.03 bits per heavy atom. The smallest absolute Gasteiger partial charge is 0.243 e. The van der Waals surface area contributed by atoms with Crippen molar-refractivity contribution in [1.82, 2.24) is 14.5 Å². The fourth-order valence-electron chi connectivity index (χ4n) is 5.08. The Bertz CT molecular complexity index is 953. The highest BCUT2D eigenvalue weighted by atomic mass is 32.2. The highest BCUT2D eigenvalue weighted by molar-refractivity contribution is 7.89. The number of likely N-dealkylation sites (tertiary alicyclic amines) is 1. The van der Waals surface area contributed by atoms with Crippen LogP contribution in [0.5, 0.6) is 0 Å². The molecule has 0 bridgehead atoms. The molecule has 0 aromatic heterocycles. The van der Waals surface area contributed by atoms with E-state index in [1.54, 1.807) is 18.2 Å². The number of sulfonamides is 1. The van der Waals surface area contributed by atoms with E-state index in [2.05, 4.69) is 10.2 Å². The Labute approximate surface area is 191 Å². The second kappa shape index (κ2) is 9.89. The number of amides is 2. The third kappa shape index (κ3) is 4.84. The Morgan fingerprint density at radius 3 is 2.41 bits per heavy atom. The largest absolute Gasteiger partial charge is 0.354 e. The first kappa shape index (κ1) is 23.2. The lowest BCUT2D eigenvalue weighted by Crippen LogP contribution is -2.47. The van der Waals surface area contributed by atoms with Crippen molar-refractivity contribution in [2.24, 2.45) is 0 Å². The number of rotatable bonds is 7. The van der Waals surface area contributed by atoms with Gasteiger partial charge in [-0.25, -0.2) is 8.42 Å². The highest BCUT2D eigenvalue weighted by Crippen LogP contribution is 2.35. The Hall–Kier alpha value is -1.97. The number of anilines is 1. The summed E-state index contributed by atoms with van der Waals surface area (Å²) in [6.45, 7) is 6.34. The van der Waals surface area contributed by atoms with Crippen LogP contribution in [0, 0.1) is 0 Å². The first-order valence-electron chi connectivity index (χ1n) is 11.8. The minimum absolute atomic E-state index is 0.181. The van der Waals surface area contributed by atoms with Gasteiger partial charge in [-0.05, 0) is 75.5 Å². The van der Waals surface area contributed by atoms with Crippen LogP contribution in [0.15, 0.2) is 23.1 Å². The molecule has 3 aliphatic heterocycles. The molecule has 1 aromatic carbocycles. The van der Waals surface area contributed by atoms with E-state index in [1.165, 1.54) is 35.4 Å². The van der Waals surface area contributed by atoms with Crippen LogP contribution in [0.25, 0.3) is 0 Å². The molecule has 4 rings (SSSR count). The number of carbonyl (C=O) groups is 2. The molecule has 3 heterocycles. The number of nitrogens with one attached hydrogen (secondary N) is 1. The zero-order valence-electron chi connectivity index (χ0n) is 18.9. The maximum atomic E-state index is 12.9. The summed E-state index contributed by atoms with van der Waals surface area (Å²) in [6, 6.07) is 4.23. The predicted molar refractivity (Wildman–Crippen MR) is 123 cm³/mol. The van der Waals surface area contributed by atoms with E-state index < -0.39 is 16.1 Å². The summed E-state index contributed by atoms with van der Waals surface area (Å²) in [7, 11) is -3.54. The van der Waals surface area contributed by atoms with Gasteiger partial charge in [0.25, 0.3) is 0 Å². The lowest BCUT2D eigenvalue weighted by Gasteiger charge is -2.26. The molecule has 0 saturated carbocycles. The van der Waals surface area contributed by atoms with Gasteiger partial charge in [0.05, 0.1) is 4.90 Å². The standard InChI is InChI=1S/C23H34N4O4S/c1-18(28)27-21-9-8-20(32(30,31)26-14-5-6-15-26)16-19(21)17-22(27)23(29)24-10-7-13-25-11-3-2-4-12-25/h8-9,16,22H,2-7,10-15,17H2,1H3,(H,24,29). The van der Waals surface area contributed by atoms with Gasteiger partial charge in [-0.1, -0.05) is 6.42 Å². The second-order valence-electron chi connectivity index (χ2n) is 9.06. The lowest BCUT2D eigenvalue weighted by molar-refractivity contribution is -0.125. The average Bonchev–Trinajstić information content (AvgIpc) is 3.45. The molecule has 1 unspecified atom stereocenters. The Kier molecular flexibility index (Phi) is 7.17. The molecule has 3 aliphatic rings. The molecule has 1 atom stereocenters. The molecule has 2 amide bonds. The van der Waals surface area contributed by atoms with Crippen LogP contribution < -0.4 is 10.2 Å². The maximum Gasteiger partial charge on any atom is 0.243 e. The molecule has 2 saturated heterocycles. The molecule has 8 nitrogen and oxygen atoms in total. The Balaban J connectivity index is 1.41. The first-order chi connectivity index (χ1) is 15.4. The van der Waals surface area contributed by atoms with Gasteiger partial charge in [0.2, 0.25) is 21.8 Å². The normalized spacial score (nSPS) is 22.2. The quantitative estimate of drug-likeness (QED) is 0.624. The summed E-state index contributed by atoms with van der Waals surface area (Å²) < 4.78 is 27.4. The van der Waals surface area contributed by atoms with Crippen LogP contribution in [0.1, 0.15) is 51.0 Å². The monoisotopic (exact) mass is 462 g/mol. The predicted octanol–water partition coefficient (Wildman–Crippen LogP) is 1.74. The lowest BCUT2D eigenvalue weighted by atomic mass is 10.1. The van der Waals surface area contributed by atoms with Gasteiger partial charge in [0, 0.05) is 38.7 Å². The summed E-state index contributed by atoms with van der Waals surface area (Å²) in [4.78, 5) is 29.5. The minimum atomic E-state index is -3.54. The van der Waals surface area contributed by atoms with Crippen LogP contribution in [0.3, 0.4) is 0 Å². The number of nitrogens with zero attached hydrogens (tertiary/aromatic N) is 3. The van der Waals surface area contributed by atoms with Crippen LogP contribution in [-0.2, 0) is 26.0 Å². The van der Waals surface area contributed by atoms with Crippen molar-refractivity contribution in [3.63, 3.8) is 0 Å². The zero-order chi connectivity index (χ0) is 22.7. The molecule has 32 heavy (non-hydrogen) atoms. The van der Waals surface area contributed by atoms with Gasteiger partial charge in [0.15, 0.2) is 0 Å². The molecule has 1 N–H and O–H groups in total. The van der Waals surface area contributed by atoms with Crippen molar-refractivity contribution >= 4 is 27.5 Å². The van der Waals surface area contributed by atoms with Crippen molar-refractivity contribution in [3.05, 3.63) is 23.8 Å². The summed E-state index contributed by atoms with van der Waals surface area (Å²) in [5.41, 5.74) is 1.36. The Morgan fingerprint density at radius 2 is 1.72 bits per heavy atom. The fourth-order valence-corrected chi connectivity index (χ4v) is 6.65. The number of hydrogen-bond donors (Lipinski definition) is 1. The third-order valence-corrected chi connectivity index (χ3v) is 8.67. The van der Waals surface area contributed by atoms with Crippen LogP contribution >= 0.6 is 0 Å². The number of benzene rings is 1. The molecule has 0 spiro atoms. The van der Waals surface area contributed by atoms with E-state index in [0.717, 1.165) is 44.5 Å². The van der Waals surface area contributed by atoms with Crippen LogP contribution in [-0.4, -0.2) is 74.7 Å². The molecule has 1 aromatic rings. The van der Waals surface area contributed by atoms with Gasteiger partial charge in [0.1, 0.15) is 6.04 Å². The van der Waals surface area contributed by atoms with Crippen molar-refractivity contribution < 1.29 is 18.0 Å². The highest BCUT2D eigenvalue weighted by Gasteiger charge is 2.38. The number of piperidine rings is 1. The van der Waals surface area contributed by atoms with Gasteiger partial charge < -0.3 is 10.2 Å². The van der Waals surface area contributed by atoms with Crippen molar-refractivity contribution in [3.8, 4) is 0 Å². The van der Waals surface area contributed by atoms with Crippen molar-refractivity contribution in [2.75, 3.05) is 44.2 Å². The molecule has 176 valence electrons. The topological polar surface area (TPSA) is 90.0 Å². The molecule has 9 heteroatoms. The van der Waals surface area contributed by atoms with Crippen LogP contribution in [0.4, 0.5) is 5.69 Å². The summed E-state index contributed by atoms with van der Waals surface area (Å²) >= 11 is 0. The van der Waals surface area contributed by atoms with E-state index in [1.807, 2.05) is 0 Å². The average molecular weight is 463 g/mol. The molecule has 0 aliphatic carbocycles. The summed E-state index contributed by atoms with van der Waals surface area (Å²) in [5.74, 6) is -0.397. The molecular formula is C23H34N4O4S. The molecular weight excluding hydrogens is 428 g/mol. The van der Waals surface area contributed by atoms with Crippen molar-refractivity contribution in [2.45, 2.75) is 62.8 Å². The van der Waals surface area contributed by atoms with Crippen LogP contribution in [0.2, 0.25) is 0 Å². The summed E-state index contributed by atoms with van der Waals surface area (Å²) in [6.07, 6.45) is 6.76. The van der Waals surface area contributed by atoms with Gasteiger partial charge in [-0.3, -0.25) is 14.5 Å². The molecule has 0 radical (unpaired) electrons. The summed E-state index contributed by atoms with van der Waals surface area (Å²) in [5, 5.41) is 2.99. The van der Waals surface area contributed by atoms with E-state index in [0.29, 0.717) is 31.7 Å². The van der Waals surface area contributed by atoms with Crippen molar-refractivity contribution in [1.29, 1.82) is 0 Å². The minimum Gasteiger partial charge on any atom is -0.354 e. The maximum absolute atomic E-state index is 12.9. The first-order valence-corrected chi connectivity index (χ1v) is 13.2. The van der Waals surface area contributed by atoms with E-state index >= 15 is 0 Å². The molecule has 2 fully saturated rings. The van der Waals surface area contributed by atoms with Gasteiger partial charge >= 0.3 is 0 Å². The zero-order valence-corrected chi connectivity index (χ0v) is 19.7.